The van der Waals surface area contributed by atoms with E-state index >= 15 is 0 Å². The molecule has 2 aromatic carbocycles. The largest absolute Gasteiger partial charge is 0.346 e. The Balaban J connectivity index is 1.44. The molecule has 0 amide bonds. The summed E-state index contributed by atoms with van der Waals surface area (Å²) in [6.45, 7) is 4.97. The number of pyridine rings is 1. The van der Waals surface area contributed by atoms with Crippen LogP contribution in [0.4, 0.5) is 5.69 Å². The van der Waals surface area contributed by atoms with E-state index in [4.69, 9.17) is 4.52 Å². The molecule has 0 spiro atoms. The molecule has 31 heavy (non-hydrogen) atoms. The minimum atomic E-state index is -2.98. The number of rotatable bonds is 8. The lowest BCUT2D eigenvalue weighted by atomic mass is 9.98. The molecule has 3 aromatic rings. The normalized spacial score (nSPS) is 17.6. The molecule has 2 saturated heterocycles. The Morgan fingerprint density at radius 3 is 2.55 bits per heavy atom. The van der Waals surface area contributed by atoms with Gasteiger partial charge in [-0.25, -0.2) is 9.34 Å². The highest BCUT2D eigenvalue weighted by Crippen LogP contribution is 2.63. The van der Waals surface area contributed by atoms with E-state index in [0.29, 0.717) is 12.0 Å². The number of hydrogen-bond donors (Lipinski definition) is 0. The van der Waals surface area contributed by atoms with Crippen LogP contribution in [0.25, 0.3) is 10.9 Å². The highest BCUT2D eigenvalue weighted by atomic mass is 31.2. The van der Waals surface area contributed by atoms with Gasteiger partial charge in [0.25, 0.3) is 5.69 Å². The Kier molecular flexibility index (Phi) is 5.10. The molecule has 8 nitrogen and oxygen atoms in total. The summed E-state index contributed by atoms with van der Waals surface area (Å²) in [5.74, 6) is 0. The van der Waals surface area contributed by atoms with Crippen LogP contribution in [0.1, 0.15) is 29.7 Å². The van der Waals surface area contributed by atoms with Crippen molar-refractivity contribution in [2.45, 2.75) is 19.4 Å². The Morgan fingerprint density at radius 2 is 1.87 bits per heavy atom. The van der Waals surface area contributed by atoms with Crippen molar-refractivity contribution in [1.29, 1.82) is 0 Å². The number of hydrogen-bond acceptors (Lipinski definition) is 5. The highest BCUT2D eigenvalue weighted by Gasteiger charge is 2.50. The zero-order valence-electron chi connectivity index (χ0n) is 17.2. The molecule has 0 radical (unpaired) electrons. The topological polar surface area (TPSA) is 88.3 Å². The molecule has 1 aromatic heterocycles. The van der Waals surface area contributed by atoms with Gasteiger partial charge < -0.3 is 0 Å². The lowest BCUT2D eigenvalue weighted by molar-refractivity contribution is -0.385. The summed E-state index contributed by atoms with van der Waals surface area (Å²) in [6.07, 6.45) is 1.70. The Labute approximate surface area is 180 Å². The average molecular weight is 438 g/mol. The molecule has 0 saturated carbocycles. The average Bonchev–Trinajstić information content (AvgIpc) is 3.65. The smallest absolute Gasteiger partial charge is 0.298 e. The Bertz CT molecular complexity index is 1190. The fraction of sp³-hybridized carbons (Fsp3) is 0.318. The van der Waals surface area contributed by atoms with Gasteiger partial charge in [0.1, 0.15) is 0 Å². The molecule has 2 aliphatic heterocycles. The maximum absolute atomic E-state index is 13.3. The molecule has 0 bridgehead atoms. The van der Waals surface area contributed by atoms with Gasteiger partial charge in [0.2, 0.25) is 0 Å². The van der Waals surface area contributed by atoms with E-state index < -0.39 is 13.8 Å². The molecule has 9 heteroatoms. The molecule has 0 aliphatic carbocycles. The minimum Gasteiger partial charge on any atom is -0.298 e. The lowest BCUT2D eigenvalue weighted by Gasteiger charge is -2.24. The van der Waals surface area contributed by atoms with Gasteiger partial charge in [-0.3, -0.25) is 24.2 Å². The van der Waals surface area contributed by atoms with E-state index in [1.807, 2.05) is 46.6 Å². The van der Waals surface area contributed by atoms with Gasteiger partial charge >= 0.3 is 7.67 Å². The third kappa shape index (κ3) is 4.12. The molecule has 3 heterocycles. The molecular formula is C22H23N4O4P. The first kappa shape index (κ1) is 20.3. The van der Waals surface area contributed by atoms with E-state index in [1.54, 1.807) is 18.3 Å². The van der Waals surface area contributed by atoms with Gasteiger partial charge in [-0.15, -0.1) is 0 Å². The van der Waals surface area contributed by atoms with Crippen LogP contribution in [0, 0.1) is 10.1 Å². The number of nitrogens with zero attached hydrogens (tertiary/aromatic N) is 4. The summed E-state index contributed by atoms with van der Waals surface area (Å²) in [5, 5.41) is 12.7. The summed E-state index contributed by atoms with van der Waals surface area (Å²) in [6, 6.07) is 14.8. The van der Waals surface area contributed by atoms with Crippen LogP contribution in [0.5, 0.6) is 0 Å². The van der Waals surface area contributed by atoms with Gasteiger partial charge in [-0.1, -0.05) is 18.2 Å². The van der Waals surface area contributed by atoms with Gasteiger partial charge in [0.05, 0.1) is 16.5 Å². The van der Waals surface area contributed by atoms with Crippen LogP contribution in [0.15, 0.2) is 54.7 Å². The van der Waals surface area contributed by atoms with E-state index in [-0.39, 0.29) is 10.6 Å². The highest BCUT2D eigenvalue weighted by molar-refractivity contribution is 7.54. The fourth-order valence-electron chi connectivity index (χ4n) is 3.79. The van der Waals surface area contributed by atoms with E-state index in [1.165, 1.54) is 6.07 Å². The summed E-state index contributed by atoms with van der Waals surface area (Å²) < 4.78 is 23.1. The third-order valence-corrected chi connectivity index (χ3v) is 8.51. The molecule has 160 valence electrons. The second kappa shape index (κ2) is 7.80. The molecule has 1 unspecified atom stereocenters. The molecular weight excluding hydrogens is 415 g/mol. The minimum absolute atomic E-state index is 0.0668. The van der Waals surface area contributed by atoms with Crippen molar-refractivity contribution in [3.8, 4) is 0 Å². The molecule has 2 aliphatic rings. The second-order valence-corrected chi connectivity index (χ2v) is 10.3. The number of fused-ring (bicyclic) bond motifs is 1. The van der Waals surface area contributed by atoms with Crippen LogP contribution in [-0.4, -0.2) is 45.4 Å². The van der Waals surface area contributed by atoms with Gasteiger partial charge in [-0.2, -0.15) is 0 Å². The van der Waals surface area contributed by atoms with Crippen molar-refractivity contribution in [1.82, 2.24) is 14.3 Å². The number of nitro groups is 1. The van der Waals surface area contributed by atoms with Crippen molar-refractivity contribution in [2.75, 3.05) is 26.2 Å². The summed E-state index contributed by atoms with van der Waals surface area (Å²) >= 11 is 0. The third-order valence-electron chi connectivity index (χ3n) is 5.69. The molecule has 1 atom stereocenters. The summed E-state index contributed by atoms with van der Waals surface area (Å²) in [4.78, 5) is 15.7. The van der Waals surface area contributed by atoms with E-state index in [0.717, 1.165) is 48.2 Å². The molecule has 5 rings (SSSR count). The second-order valence-electron chi connectivity index (χ2n) is 8.00. The van der Waals surface area contributed by atoms with Crippen molar-refractivity contribution in [3.05, 3.63) is 81.5 Å². The zero-order valence-corrected chi connectivity index (χ0v) is 18.1. The first-order chi connectivity index (χ1) is 14.9. The van der Waals surface area contributed by atoms with Crippen molar-refractivity contribution < 1.29 is 14.0 Å². The number of nitro benzene ring substituents is 1. The van der Waals surface area contributed by atoms with Crippen molar-refractivity contribution in [3.63, 3.8) is 0 Å². The van der Waals surface area contributed by atoms with Crippen LogP contribution >= 0.6 is 7.67 Å². The monoisotopic (exact) mass is 438 g/mol. The fourth-order valence-corrected chi connectivity index (χ4v) is 6.14. The van der Waals surface area contributed by atoms with Crippen LogP contribution < -0.4 is 0 Å². The maximum atomic E-state index is 13.3. The van der Waals surface area contributed by atoms with Gasteiger partial charge in [-0.05, 0) is 42.3 Å². The zero-order chi connectivity index (χ0) is 21.6. The number of aromatic nitrogens is 1. The van der Waals surface area contributed by atoms with Gasteiger partial charge in [0.15, 0.2) is 0 Å². The summed E-state index contributed by atoms with van der Waals surface area (Å²) in [7, 11) is -2.98. The van der Waals surface area contributed by atoms with Crippen molar-refractivity contribution in [2.24, 2.45) is 0 Å². The van der Waals surface area contributed by atoms with Crippen LogP contribution in [0.3, 0.4) is 0 Å². The Morgan fingerprint density at radius 1 is 1.13 bits per heavy atom. The van der Waals surface area contributed by atoms with E-state index in [9.17, 15) is 14.7 Å². The lowest BCUT2D eigenvalue weighted by Crippen LogP contribution is -2.11. The predicted octanol–water partition coefficient (Wildman–Crippen LogP) is 4.55. The number of benzene rings is 2. The maximum Gasteiger partial charge on any atom is 0.346 e. The first-order valence-electron chi connectivity index (χ1n) is 10.3. The van der Waals surface area contributed by atoms with Gasteiger partial charge in [0, 0.05) is 55.8 Å². The summed E-state index contributed by atoms with van der Waals surface area (Å²) in [5.41, 5.74) is 3.24. The van der Waals surface area contributed by atoms with Crippen LogP contribution in [-0.2, 0) is 15.5 Å². The molecule has 2 fully saturated rings. The standard InChI is InChI=1S/C22H23N4O4P/c1-16(30-31(29,24-9-10-24)25-11-12-25)19-6-7-22(26(27)28)20(15-19)13-17-4-5-18-3-2-8-23-21(18)14-17/h2-8,14-16H,9-13H2,1H3. The molecule has 0 N–H and O–H groups in total. The Hall–Kier alpha value is -2.64. The van der Waals surface area contributed by atoms with Crippen molar-refractivity contribution >= 4 is 24.3 Å². The quantitative estimate of drug-likeness (QED) is 0.221. The first-order valence-corrected chi connectivity index (χ1v) is 11.9. The SMILES string of the molecule is CC(OP(=O)(N1CC1)N1CC1)c1ccc([N+](=O)[O-])c(Cc2ccc3cccnc3c2)c1. The van der Waals surface area contributed by atoms with Crippen LogP contribution in [0.2, 0.25) is 0 Å². The van der Waals surface area contributed by atoms with E-state index in [2.05, 4.69) is 4.98 Å². The predicted molar refractivity (Wildman–Crippen MR) is 118 cm³/mol.